The maximum atomic E-state index is 4.00. The Hall–Kier alpha value is -1.04. The number of hydrogen-bond acceptors (Lipinski definition) is 0. The minimum absolute atomic E-state index is 1.10. The fraction of sp³-hybridized carbons (Fsp3) is 0.429. The van der Waals surface area contributed by atoms with Crippen LogP contribution in [0.25, 0.3) is 0 Å². The monoisotopic (exact) mass is 190 g/mol. The summed E-state index contributed by atoms with van der Waals surface area (Å²) in [6.45, 7) is 11.9. The van der Waals surface area contributed by atoms with Gasteiger partial charge < -0.3 is 0 Å². The van der Waals surface area contributed by atoms with Crippen LogP contribution in [-0.2, 0) is 0 Å². The lowest BCUT2D eigenvalue weighted by Crippen LogP contribution is -1.83. The van der Waals surface area contributed by atoms with Gasteiger partial charge in [-0.15, -0.1) is 0 Å². The van der Waals surface area contributed by atoms with Crippen molar-refractivity contribution in [2.24, 2.45) is 0 Å². The van der Waals surface area contributed by atoms with Gasteiger partial charge in [0.2, 0.25) is 0 Å². The first-order valence-corrected chi connectivity index (χ1v) is 5.35. The average Bonchev–Trinajstić information content (AvgIpc) is 2.18. The first kappa shape index (κ1) is 13.0. The summed E-state index contributed by atoms with van der Waals surface area (Å²) in [4.78, 5) is 0. The second-order valence-corrected chi connectivity index (χ2v) is 3.43. The molecule has 0 radical (unpaired) electrons. The lowest BCUT2D eigenvalue weighted by molar-refractivity contribution is 0.792. The van der Waals surface area contributed by atoms with E-state index in [-0.39, 0.29) is 0 Å². The van der Waals surface area contributed by atoms with E-state index in [0.29, 0.717) is 0 Å². The molecule has 0 spiro atoms. The van der Waals surface area contributed by atoms with Gasteiger partial charge in [-0.05, 0) is 38.2 Å². The predicted octanol–water partition coefficient (Wildman–Crippen LogP) is 4.81. The van der Waals surface area contributed by atoms with Crippen LogP contribution in [0.3, 0.4) is 0 Å². The Morgan fingerprint density at radius 2 is 2.00 bits per heavy atom. The third kappa shape index (κ3) is 6.47. The molecule has 0 heterocycles. The Balaban J connectivity index is 3.89. The van der Waals surface area contributed by atoms with Crippen molar-refractivity contribution in [3.63, 3.8) is 0 Å². The van der Waals surface area contributed by atoms with Crippen LogP contribution in [0.15, 0.2) is 48.6 Å². The van der Waals surface area contributed by atoms with Crippen molar-refractivity contribution in [3.05, 3.63) is 48.6 Å². The van der Waals surface area contributed by atoms with Crippen molar-refractivity contribution in [3.8, 4) is 0 Å². The largest absolute Gasteiger partial charge is 0.0999 e. The van der Waals surface area contributed by atoms with E-state index >= 15 is 0 Å². The SMILES string of the molecule is C=CC=C(C=CC)CCCC(=C)CC. The van der Waals surface area contributed by atoms with Gasteiger partial charge in [0.15, 0.2) is 0 Å². The standard InChI is InChI=1S/C14H22/c1-5-9-14(10-6-2)12-8-11-13(4)7-3/h5-6,9-10H,1,4,7-8,11-12H2,2-3H3. The molecule has 0 aromatic carbocycles. The minimum Gasteiger partial charge on any atom is -0.0999 e. The summed E-state index contributed by atoms with van der Waals surface area (Å²) >= 11 is 0. The Morgan fingerprint density at radius 3 is 2.50 bits per heavy atom. The van der Waals surface area contributed by atoms with Gasteiger partial charge in [0.05, 0.1) is 0 Å². The first-order chi connectivity index (χ1) is 6.74. The highest BCUT2D eigenvalue weighted by molar-refractivity contribution is 5.22. The molecule has 0 unspecified atom stereocenters. The minimum atomic E-state index is 1.10. The van der Waals surface area contributed by atoms with E-state index in [2.05, 4.69) is 38.3 Å². The van der Waals surface area contributed by atoms with E-state index in [1.807, 2.05) is 13.0 Å². The number of hydrogen-bond donors (Lipinski definition) is 0. The predicted molar refractivity (Wildman–Crippen MR) is 66.4 cm³/mol. The van der Waals surface area contributed by atoms with E-state index in [4.69, 9.17) is 0 Å². The summed E-state index contributed by atoms with van der Waals surface area (Å²) < 4.78 is 0. The molecular formula is C14H22. The molecular weight excluding hydrogens is 168 g/mol. The molecule has 0 heteroatoms. The van der Waals surface area contributed by atoms with Crippen molar-refractivity contribution < 1.29 is 0 Å². The van der Waals surface area contributed by atoms with E-state index in [1.165, 1.54) is 17.6 Å². The third-order valence-corrected chi connectivity index (χ3v) is 2.21. The van der Waals surface area contributed by atoms with Crippen LogP contribution in [-0.4, -0.2) is 0 Å². The summed E-state index contributed by atoms with van der Waals surface area (Å²) in [5.74, 6) is 0. The van der Waals surface area contributed by atoms with Crippen LogP contribution in [0, 0.1) is 0 Å². The van der Waals surface area contributed by atoms with Gasteiger partial charge in [-0.2, -0.15) is 0 Å². The summed E-state index contributed by atoms with van der Waals surface area (Å²) in [5, 5.41) is 0. The fourth-order valence-corrected chi connectivity index (χ4v) is 1.31. The van der Waals surface area contributed by atoms with E-state index in [1.54, 1.807) is 0 Å². The van der Waals surface area contributed by atoms with Crippen LogP contribution in [0.4, 0.5) is 0 Å². The zero-order valence-electron chi connectivity index (χ0n) is 9.55. The Kier molecular flexibility index (Phi) is 7.92. The molecule has 0 nitrogen and oxygen atoms in total. The molecule has 0 amide bonds. The van der Waals surface area contributed by atoms with E-state index in [0.717, 1.165) is 19.3 Å². The quantitative estimate of drug-likeness (QED) is 0.399. The van der Waals surface area contributed by atoms with Crippen LogP contribution in [0.1, 0.15) is 39.5 Å². The molecule has 0 saturated carbocycles. The molecule has 78 valence electrons. The maximum absolute atomic E-state index is 4.00. The first-order valence-electron chi connectivity index (χ1n) is 5.35. The Morgan fingerprint density at radius 1 is 1.29 bits per heavy atom. The topological polar surface area (TPSA) is 0 Å². The molecule has 0 N–H and O–H groups in total. The van der Waals surface area contributed by atoms with Crippen molar-refractivity contribution in [2.75, 3.05) is 0 Å². The third-order valence-electron chi connectivity index (χ3n) is 2.21. The van der Waals surface area contributed by atoms with Crippen LogP contribution < -0.4 is 0 Å². The summed E-state index contributed by atoms with van der Waals surface area (Å²) in [7, 11) is 0. The molecule has 0 aromatic heterocycles. The van der Waals surface area contributed by atoms with Gasteiger partial charge in [0.25, 0.3) is 0 Å². The highest BCUT2D eigenvalue weighted by atomic mass is 14.0. The molecule has 0 bridgehead atoms. The van der Waals surface area contributed by atoms with Crippen LogP contribution >= 0.6 is 0 Å². The maximum Gasteiger partial charge on any atom is -0.0276 e. The van der Waals surface area contributed by atoms with Crippen LogP contribution in [0.2, 0.25) is 0 Å². The molecule has 0 aromatic rings. The van der Waals surface area contributed by atoms with Gasteiger partial charge in [0, 0.05) is 0 Å². The van der Waals surface area contributed by atoms with Crippen LogP contribution in [0.5, 0.6) is 0 Å². The summed E-state index contributed by atoms with van der Waals surface area (Å²) in [5.41, 5.74) is 2.70. The van der Waals surface area contributed by atoms with Crippen molar-refractivity contribution >= 4 is 0 Å². The Labute approximate surface area is 88.7 Å². The molecule has 0 aliphatic rings. The fourth-order valence-electron chi connectivity index (χ4n) is 1.31. The average molecular weight is 190 g/mol. The van der Waals surface area contributed by atoms with Crippen molar-refractivity contribution in [1.82, 2.24) is 0 Å². The van der Waals surface area contributed by atoms with Gasteiger partial charge in [-0.3, -0.25) is 0 Å². The summed E-state index contributed by atoms with van der Waals surface area (Å²) in [6.07, 6.45) is 12.7. The number of rotatable bonds is 7. The summed E-state index contributed by atoms with van der Waals surface area (Å²) in [6, 6.07) is 0. The van der Waals surface area contributed by atoms with Crippen molar-refractivity contribution in [1.29, 1.82) is 0 Å². The van der Waals surface area contributed by atoms with E-state index < -0.39 is 0 Å². The Bertz CT molecular complexity index is 228. The highest BCUT2D eigenvalue weighted by Gasteiger charge is 1.94. The van der Waals surface area contributed by atoms with Gasteiger partial charge in [-0.25, -0.2) is 0 Å². The smallest absolute Gasteiger partial charge is 0.0276 e. The molecule has 0 rings (SSSR count). The molecule has 0 aliphatic carbocycles. The second kappa shape index (κ2) is 8.55. The van der Waals surface area contributed by atoms with Gasteiger partial charge >= 0.3 is 0 Å². The lowest BCUT2D eigenvalue weighted by atomic mass is 10.0. The lowest BCUT2D eigenvalue weighted by Gasteiger charge is -2.03. The zero-order valence-corrected chi connectivity index (χ0v) is 9.55. The highest BCUT2D eigenvalue weighted by Crippen LogP contribution is 2.14. The van der Waals surface area contributed by atoms with Crippen molar-refractivity contribution in [2.45, 2.75) is 39.5 Å². The molecule has 14 heavy (non-hydrogen) atoms. The molecule has 0 aliphatic heterocycles. The molecule has 0 saturated heterocycles. The normalized spacial score (nSPS) is 12.0. The zero-order chi connectivity index (χ0) is 10.8. The van der Waals surface area contributed by atoms with E-state index in [9.17, 15) is 0 Å². The number of allylic oxidation sites excluding steroid dienone is 6. The van der Waals surface area contributed by atoms with Gasteiger partial charge in [-0.1, -0.05) is 50.0 Å². The van der Waals surface area contributed by atoms with Gasteiger partial charge in [0.1, 0.15) is 0 Å². The second-order valence-electron chi connectivity index (χ2n) is 3.43. The molecule has 0 fully saturated rings. The molecule has 0 atom stereocenters.